The average molecular weight is 452 g/mol. The summed E-state index contributed by atoms with van der Waals surface area (Å²) in [4.78, 5) is 45.2. The van der Waals surface area contributed by atoms with Crippen LogP contribution in [0.5, 0.6) is 0 Å². The van der Waals surface area contributed by atoms with Gasteiger partial charge in [0.2, 0.25) is 11.8 Å². The number of hydrogen-bond acceptors (Lipinski definition) is 6. The molecule has 3 heterocycles. The molecule has 0 spiro atoms. The number of rotatable bonds is 6. The lowest BCUT2D eigenvalue weighted by Gasteiger charge is -2.37. The van der Waals surface area contributed by atoms with Gasteiger partial charge >= 0.3 is 0 Å². The molecule has 1 aromatic carbocycles. The molecule has 2 fully saturated rings. The maximum absolute atomic E-state index is 12.9. The Kier molecular flexibility index (Phi) is 6.93. The Hall–Kier alpha value is -3.00. The van der Waals surface area contributed by atoms with Gasteiger partial charge in [-0.15, -0.1) is 0 Å². The van der Waals surface area contributed by atoms with Crippen LogP contribution in [0.4, 0.5) is 0 Å². The van der Waals surface area contributed by atoms with Gasteiger partial charge in [0, 0.05) is 30.9 Å². The van der Waals surface area contributed by atoms with Gasteiger partial charge in [0.15, 0.2) is 0 Å². The van der Waals surface area contributed by atoms with E-state index in [2.05, 4.69) is 34.3 Å². The van der Waals surface area contributed by atoms with E-state index < -0.39 is 6.04 Å². The molecule has 8 nitrogen and oxygen atoms in total. The van der Waals surface area contributed by atoms with Crippen molar-refractivity contribution in [2.75, 3.05) is 13.1 Å². The van der Waals surface area contributed by atoms with Crippen LogP contribution < -0.4 is 11.1 Å². The van der Waals surface area contributed by atoms with Gasteiger partial charge in [-0.1, -0.05) is 19.1 Å². The number of amides is 3. The lowest BCUT2D eigenvalue weighted by atomic mass is 9.87. The Morgan fingerprint density at radius 1 is 1.24 bits per heavy atom. The first-order chi connectivity index (χ1) is 16.0. The molecule has 2 saturated heterocycles. The van der Waals surface area contributed by atoms with Crippen LogP contribution in [0.1, 0.15) is 73.4 Å². The molecule has 176 valence electrons. The first-order valence-corrected chi connectivity index (χ1v) is 11.9. The van der Waals surface area contributed by atoms with E-state index in [1.165, 1.54) is 5.56 Å². The normalized spacial score (nSPS) is 23.8. The van der Waals surface area contributed by atoms with Crippen molar-refractivity contribution >= 4 is 23.9 Å². The van der Waals surface area contributed by atoms with Gasteiger partial charge in [-0.05, 0) is 68.8 Å². The molecule has 2 atom stereocenters. The summed E-state index contributed by atoms with van der Waals surface area (Å²) in [6.07, 6.45) is 7.09. The van der Waals surface area contributed by atoms with E-state index in [1.54, 1.807) is 17.3 Å². The number of imide groups is 1. The Bertz CT molecular complexity index is 994. The fourth-order valence-electron chi connectivity index (χ4n) is 5.44. The smallest absolute Gasteiger partial charge is 0.255 e. The fourth-order valence-corrected chi connectivity index (χ4v) is 5.44. The lowest BCUT2D eigenvalue weighted by Crippen LogP contribution is -2.52. The van der Waals surface area contributed by atoms with Crippen LogP contribution in [-0.2, 0) is 16.1 Å². The summed E-state index contributed by atoms with van der Waals surface area (Å²) in [6.45, 7) is 6.43. The lowest BCUT2D eigenvalue weighted by molar-refractivity contribution is -0.136. The minimum Gasteiger partial charge on any atom is -0.403 e. The number of fused-ring (bicyclic) bond motifs is 1. The number of hydrogen-bond donors (Lipinski definition) is 2. The van der Waals surface area contributed by atoms with Crippen molar-refractivity contribution in [3.05, 3.63) is 46.8 Å². The van der Waals surface area contributed by atoms with E-state index in [4.69, 9.17) is 5.73 Å². The Labute approximate surface area is 194 Å². The number of likely N-dealkylation sites (tertiary alicyclic amines) is 1. The number of nitrogens with one attached hydrogen (secondary N) is 1. The molecular formula is C25H33N5O3. The number of nitrogens with zero attached hydrogens (tertiary/aromatic N) is 3. The molecule has 2 unspecified atom stereocenters. The second kappa shape index (κ2) is 9.87. The van der Waals surface area contributed by atoms with Gasteiger partial charge in [-0.25, -0.2) is 0 Å². The minimum absolute atomic E-state index is 0.121. The molecule has 0 aliphatic carbocycles. The van der Waals surface area contributed by atoms with Crippen molar-refractivity contribution in [1.29, 1.82) is 0 Å². The molecule has 0 aromatic heterocycles. The SMILES string of the molecule is CC=N/C(=C\N)C(CC)N1CCC(c2ccc3c(c2)CN(C2CCC(=O)NC2=O)C3=O)CC1. The van der Waals surface area contributed by atoms with E-state index in [0.717, 1.165) is 43.6 Å². The summed E-state index contributed by atoms with van der Waals surface area (Å²) in [5, 5.41) is 2.36. The van der Waals surface area contributed by atoms with E-state index >= 15 is 0 Å². The van der Waals surface area contributed by atoms with Crippen molar-refractivity contribution in [3.63, 3.8) is 0 Å². The quantitative estimate of drug-likeness (QED) is 0.510. The molecule has 3 amide bonds. The van der Waals surface area contributed by atoms with Crippen molar-refractivity contribution < 1.29 is 14.4 Å². The standard InChI is InChI=1S/C25H33N5O3/c1-3-21(20(14-26)27-4-2)29-11-9-16(10-12-29)17-5-6-19-18(13-17)15-30(25(19)33)22-7-8-23(31)28-24(22)32/h4-6,13-14,16,21-22H,3,7-12,15,26H2,1-2H3,(H,28,31,32)/b20-14-,27-4?. The zero-order valence-electron chi connectivity index (χ0n) is 19.4. The number of nitrogens with two attached hydrogens (primary N) is 1. The highest BCUT2D eigenvalue weighted by atomic mass is 16.2. The molecule has 3 aliphatic heterocycles. The predicted molar refractivity (Wildman–Crippen MR) is 127 cm³/mol. The second-order valence-corrected chi connectivity index (χ2v) is 9.03. The first-order valence-electron chi connectivity index (χ1n) is 11.9. The van der Waals surface area contributed by atoms with Crippen LogP contribution in [0.2, 0.25) is 0 Å². The van der Waals surface area contributed by atoms with Crippen LogP contribution in [0.15, 0.2) is 35.1 Å². The van der Waals surface area contributed by atoms with Crippen molar-refractivity contribution in [2.24, 2.45) is 10.7 Å². The van der Waals surface area contributed by atoms with Crippen LogP contribution >= 0.6 is 0 Å². The molecule has 4 rings (SSSR count). The number of piperidine rings is 2. The summed E-state index contributed by atoms with van der Waals surface area (Å²) >= 11 is 0. The van der Waals surface area contributed by atoms with Crippen LogP contribution in [0.3, 0.4) is 0 Å². The van der Waals surface area contributed by atoms with Crippen LogP contribution in [0, 0.1) is 0 Å². The van der Waals surface area contributed by atoms with Crippen LogP contribution in [-0.4, -0.2) is 58.9 Å². The van der Waals surface area contributed by atoms with Gasteiger partial charge in [0.05, 0.1) is 11.7 Å². The third kappa shape index (κ3) is 4.57. The highest BCUT2D eigenvalue weighted by Crippen LogP contribution is 2.34. The Morgan fingerprint density at radius 3 is 2.64 bits per heavy atom. The number of carbonyl (C=O) groups is 3. The highest BCUT2D eigenvalue weighted by Gasteiger charge is 2.39. The molecule has 0 radical (unpaired) electrons. The van der Waals surface area contributed by atoms with E-state index in [9.17, 15) is 14.4 Å². The zero-order valence-corrected chi connectivity index (χ0v) is 19.4. The average Bonchev–Trinajstić information content (AvgIpc) is 3.15. The summed E-state index contributed by atoms with van der Waals surface area (Å²) in [6, 6.07) is 5.77. The monoisotopic (exact) mass is 451 g/mol. The number of benzene rings is 1. The number of carbonyl (C=O) groups excluding carboxylic acids is 3. The largest absolute Gasteiger partial charge is 0.403 e. The van der Waals surface area contributed by atoms with Gasteiger partial charge < -0.3 is 10.6 Å². The zero-order chi connectivity index (χ0) is 23.5. The summed E-state index contributed by atoms with van der Waals surface area (Å²) in [5.41, 5.74) is 9.64. The second-order valence-electron chi connectivity index (χ2n) is 9.03. The topological polar surface area (TPSA) is 108 Å². The van der Waals surface area contributed by atoms with Crippen LogP contribution in [0.25, 0.3) is 0 Å². The van der Waals surface area contributed by atoms with Crippen molar-refractivity contribution in [3.8, 4) is 0 Å². The predicted octanol–water partition coefficient (Wildman–Crippen LogP) is 2.30. The maximum Gasteiger partial charge on any atom is 0.255 e. The molecule has 3 N–H and O–H groups in total. The van der Waals surface area contributed by atoms with E-state index in [0.29, 0.717) is 24.4 Å². The van der Waals surface area contributed by atoms with E-state index in [1.807, 2.05) is 13.0 Å². The van der Waals surface area contributed by atoms with Gasteiger partial charge in [0.1, 0.15) is 6.04 Å². The van der Waals surface area contributed by atoms with E-state index in [-0.39, 0.29) is 30.2 Å². The minimum atomic E-state index is -0.573. The molecule has 8 heteroatoms. The molecule has 3 aliphatic rings. The third-order valence-corrected chi connectivity index (χ3v) is 7.17. The third-order valence-electron chi connectivity index (χ3n) is 7.17. The van der Waals surface area contributed by atoms with Gasteiger partial charge in [-0.2, -0.15) is 0 Å². The summed E-state index contributed by atoms with van der Waals surface area (Å²) in [5.74, 6) is -0.327. The molecule has 0 bridgehead atoms. The summed E-state index contributed by atoms with van der Waals surface area (Å²) in [7, 11) is 0. The van der Waals surface area contributed by atoms with Crippen molar-refractivity contribution in [2.45, 2.75) is 70.5 Å². The molecule has 0 saturated carbocycles. The maximum atomic E-state index is 12.9. The molecule has 33 heavy (non-hydrogen) atoms. The Morgan fingerprint density at radius 2 is 2.00 bits per heavy atom. The highest BCUT2D eigenvalue weighted by molar-refractivity contribution is 6.05. The number of aliphatic imine (C=N–C) groups is 1. The molecule has 1 aromatic rings. The molecular weight excluding hydrogens is 418 g/mol. The fraction of sp³-hybridized carbons (Fsp3) is 0.520. The van der Waals surface area contributed by atoms with Crippen molar-refractivity contribution in [1.82, 2.24) is 15.1 Å². The van der Waals surface area contributed by atoms with Gasteiger partial charge in [0.25, 0.3) is 5.91 Å². The Balaban J connectivity index is 1.43. The van der Waals surface area contributed by atoms with Gasteiger partial charge in [-0.3, -0.25) is 29.6 Å². The first kappa shape index (κ1) is 23.2. The summed E-state index contributed by atoms with van der Waals surface area (Å²) < 4.78 is 0.